The second-order valence-electron chi connectivity index (χ2n) is 8.49. The molecule has 0 saturated carbocycles. The van der Waals surface area contributed by atoms with Gasteiger partial charge in [0.05, 0.1) is 23.1 Å². The van der Waals surface area contributed by atoms with E-state index in [1.807, 2.05) is 79.5 Å². The largest absolute Gasteiger partial charge is 0.360 e. The lowest BCUT2D eigenvalue weighted by Crippen LogP contribution is -2.26. The molecule has 0 spiro atoms. The molecule has 36 heavy (non-hydrogen) atoms. The molecule has 9 heteroatoms. The average molecular weight is 494 g/mol. The normalized spacial score (nSPS) is 12.3. The molecule has 0 aliphatic heterocycles. The van der Waals surface area contributed by atoms with E-state index in [0.29, 0.717) is 11.2 Å². The van der Waals surface area contributed by atoms with Crippen molar-refractivity contribution in [3.8, 4) is 16.8 Å². The predicted octanol–water partition coefficient (Wildman–Crippen LogP) is 5.45. The van der Waals surface area contributed by atoms with E-state index >= 15 is 0 Å². The van der Waals surface area contributed by atoms with Gasteiger partial charge < -0.3 is 5.32 Å². The van der Waals surface area contributed by atoms with Gasteiger partial charge in [-0.25, -0.2) is 15.0 Å². The van der Waals surface area contributed by atoms with Crippen LogP contribution in [0.4, 0.5) is 5.82 Å². The molecule has 178 valence electrons. The molecule has 6 aromatic rings. The lowest BCUT2D eigenvalue weighted by atomic mass is 9.99. The van der Waals surface area contributed by atoms with Crippen LogP contribution in [0, 0.1) is 0 Å². The maximum atomic E-state index is 14.2. The van der Waals surface area contributed by atoms with Crippen molar-refractivity contribution in [2.75, 3.05) is 5.32 Å². The Balaban J connectivity index is 1.56. The van der Waals surface area contributed by atoms with Gasteiger partial charge in [0.25, 0.3) is 5.56 Å². The molecule has 1 atom stereocenters. The van der Waals surface area contributed by atoms with Gasteiger partial charge >= 0.3 is 0 Å². The van der Waals surface area contributed by atoms with Crippen molar-refractivity contribution in [3.05, 3.63) is 94.9 Å². The number of nitrogens with zero attached hydrogens (tertiary/aromatic N) is 6. The Labute approximate surface area is 210 Å². The number of fused-ring (bicyclic) bond motifs is 2. The third kappa shape index (κ3) is 3.74. The zero-order chi connectivity index (χ0) is 24.6. The van der Waals surface area contributed by atoms with Crippen LogP contribution in [0.3, 0.4) is 0 Å². The van der Waals surface area contributed by atoms with Gasteiger partial charge in [-0.1, -0.05) is 36.4 Å². The minimum atomic E-state index is -0.242. The number of aromatic nitrogens is 6. The number of aryl methyl sites for hydroxylation is 1. The second-order valence-corrected chi connectivity index (χ2v) is 9.33. The topological polar surface area (TPSA) is 90.5 Å². The lowest BCUT2D eigenvalue weighted by molar-refractivity contribution is 0.660. The maximum absolute atomic E-state index is 14.2. The minimum Gasteiger partial charge on any atom is -0.360 e. The molecule has 1 N–H and O–H groups in total. The van der Waals surface area contributed by atoms with Gasteiger partial charge in [-0.15, -0.1) is 11.3 Å². The van der Waals surface area contributed by atoms with Gasteiger partial charge in [0.15, 0.2) is 5.82 Å². The van der Waals surface area contributed by atoms with E-state index in [1.54, 1.807) is 10.1 Å². The highest BCUT2D eigenvalue weighted by Gasteiger charge is 2.20. The zero-order valence-corrected chi connectivity index (χ0v) is 20.6. The molecule has 0 aliphatic carbocycles. The van der Waals surface area contributed by atoms with Gasteiger partial charge in [-0.05, 0) is 43.0 Å². The number of thiazole rings is 1. The van der Waals surface area contributed by atoms with E-state index in [-0.39, 0.29) is 11.6 Å². The molecule has 0 amide bonds. The smallest absolute Gasteiger partial charge is 0.263 e. The molecular formula is C27H23N7OS. The molecular weight excluding hydrogens is 470 g/mol. The SMILES string of the molecule is CCn1cc(-c2cccc3cc([C@H](C)Nc4ncnc5scnc45)n(-c4ccccc4)c(=O)c23)cn1. The van der Waals surface area contributed by atoms with Gasteiger partial charge in [-0.2, -0.15) is 5.10 Å². The molecule has 0 unspecified atom stereocenters. The van der Waals surface area contributed by atoms with Crippen molar-refractivity contribution in [1.82, 2.24) is 29.3 Å². The molecule has 0 saturated heterocycles. The van der Waals surface area contributed by atoms with E-state index in [2.05, 4.69) is 31.4 Å². The Morgan fingerprint density at radius 1 is 1.06 bits per heavy atom. The Kier molecular flexibility index (Phi) is 5.54. The Morgan fingerprint density at radius 2 is 1.92 bits per heavy atom. The first-order valence-electron chi connectivity index (χ1n) is 11.7. The van der Waals surface area contributed by atoms with Crippen molar-refractivity contribution in [2.24, 2.45) is 0 Å². The van der Waals surface area contributed by atoms with Gasteiger partial charge in [-0.3, -0.25) is 14.0 Å². The number of hydrogen-bond acceptors (Lipinski definition) is 7. The third-order valence-corrected chi connectivity index (χ3v) is 7.02. The molecule has 6 rings (SSSR count). The summed E-state index contributed by atoms with van der Waals surface area (Å²) in [5.74, 6) is 0.640. The first-order chi connectivity index (χ1) is 17.6. The summed E-state index contributed by atoms with van der Waals surface area (Å²) in [5, 5.41) is 9.43. The van der Waals surface area contributed by atoms with Crippen LogP contribution >= 0.6 is 11.3 Å². The number of nitrogens with one attached hydrogen (secondary N) is 1. The number of para-hydroxylation sites is 1. The van der Waals surface area contributed by atoms with Crippen molar-refractivity contribution in [2.45, 2.75) is 26.4 Å². The predicted molar refractivity (Wildman–Crippen MR) is 144 cm³/mol. The maximum Gasteiger partial charge on any atom is 0.263 e. The fraction of sp³-hybridized carbons (Fsp3) is 0.148. The Hall–Kier alpha value is -4.37. The monoisotopic (exact) mass is 493 g/mol. The Bertz CT molecular complexity index is 1750. The van der Waals surface area contributed by atoms with E-state index < -0.39 is 0 Å². The van der Waals surface area contributed by atoms with Crippen LogP contribution in [0.25, 0.3) is 37.9 Å². The van der Waals surface area contributed by atoms with Crippen LogP contribution in [-0.2, 0) is 6.54 Å². The molecule has 0 aliphatic rings. The van der Waals surface area contributed by atoms with Crippen molar-refractivity contribution >= 4 is 38.3 Å². The second kappa shape index (κ2) is 9.01. The first-order valence-corrected chi connectivity index (χ1v) is 12.6. The minimum absolute atomic E-state index is 0.0799. The highest BCUT2D eigenvalue weighted by molar-refractivity contribution is 7.16. The molecule has 4 aromatic heterocycles. The van der Waals surface area contributed by atoms with E-state index in [1.165, 1.54) is 17.7 Å². The van der Waals surface area contributed by atoms with Crippen molar-refractivity contribution in [3.63, 3.8) is 0 Å². The summed E-state index contributed by atoms with van der Waals surface area (Å²) in [5.41, 5.74) is 5.81. The van der Waals surface area contributed by atoms with Crippen LogP contribution in [0.1, 0.15) is 25.6 Å². The number of pyridine rings is 1. The quantitative estimate of drug-likeness (QED) is 0.332. The van der Waals surface area contributed by atoms with Gasteiger partial charge in [0.2, 0.25) is 0 Å². The summed E-state index contributed by atoms with van der Waals surface area (Å²) in [6, 6.07) is 17.5. The van der Waals surface area contributed by atoms with Crippen molar-refractivity contribution in [1.29, 1.82) is 0 Å². The van der Waals surface area contributed by atoms with Crippen molar-refractivity contribution < 1.29 is 0 Å². The third-order valence-electron chi connectivity index (χ3n) is 6.29. The van der Waals surface area contributed by atoms with Crippen LogP contribution in [-0.4, -0.2) is 29.3 Å². The van der Waals surface area contributed by atoms with E-state index in [4.69, 9.17) is 0 Å². The fourth-order valence-corrected chi connectivity index (χ4v) is 5.17. The summed E-state index contributed by atoms with van der Waals surface area (Å²) >= 11 is 1.47. The van der Waals surface area contributed by atoms with E-state index in [9.17, 15) is 4.79 Å². The van der Waals surface area contributed by atoms with Crippen LogP contribution in [0.5, 0.6) is 0 Å². The number of hydrogen-bond donors (Lipinski definition) is 1. The van der Waals surface area contributed by atoms with Crippen LogP contribution in [0.2, 0.25) is 0 Å². The molecule has 0 fully saturated rings. The first kappa shape index (κ1) is 22.1. The highest BCUT2D eigenvalue weighted by atomic mass is 32.1. The summed E-state index contributed by atoms with van der Waals surface area (Å²) < 4.78 is 3.65. The summed E-state index contributed by atoms with van der Waals surface area (Å²) in [7, 11) is 0. The summed E-state index contributed by atoms with van der Waals surface area (Å²) in [4.78, 5) is 28.2. The Morgan fingerprint density at radius 3 is 2.72 bits per heavy atom. The standard InChI is InChI=1S/C27H23N7OS/c1-3-33-14-19(13-31-33)21-11-7-8-18-12-22(34(27(35)23(18)21)20-9-5-4-6-10-20)17(2)32-25-24-26(29-15-28-25)36-16-30-24/h4-17H,3H2,1-2H3,(H,28,29,32)/t17-/m0/s1. The number of rotatable bonds is 6. The van der Waals surface area contributed by atoms with Crippen LogP contribution < -0.4 is 10.9 Å². The highest BCUT2D eigenvalue weighted by Crippen LogP contribution is 2.31. The average Bonchev–Trinajstić information content (AvgIpc) is 3.59. The van der Waals surface area contributed by atoms with E-state index in [0.717, 1.165) is 44.8 Å². The zero-order valence-electron chi connectivity index (χ0n) is 19.8. The van der Waals surface area contributed by atoms with Gasteiger partial charge in [0.1, 0.15) is 16.7 Å². The molecule has 0 bridgehead atoms. The molecule has 0 radical (unpaired) electrons. The lowest BCUT2D eigenvalue weighted by Gasteiger charge is -2.22. The molecule has 2 aromatic carbocycles. The summed E-state index contributed by atoms with van der Waals surface area (Å²) in [6.45, 7) is 4.83. The fourth-order valence-electron chi connectivity index (χ4n) is 4.54. The van der Waals surface area contributed by atoms with Gasteiger partial charge in [0, 0.05) is 29.7 Å². The molecule has 8 nitrogen and oxygen atoms in total. The molecule has 4 heterocycles. The number of benzene rings is 2. The number of anilines is 1. The van der Waals surface area contributed by atoms with Crippen LogP contribution in [0.15, 0.2) is 83.6 Å². The summed E-state index contributed by atoms with van der Waals surface area (Å²) in [6.07, 6.45) is 5.33.